The SMILES string of the molecule is Cc1ccc2c(c1)S[C@@H]1C(=O)N(Cc3ccccc3)C(=O)[C@@H]1[C@H]2O. The monoisotopic (exact) mass is 339 g/mol. The maximum atomic E-state index is 12.8. The first-order valence-electron chi connectivity index (χ1n) is 7.90. The van der Waals surface area contributed by atoms with Gasteiger partial charge in [0.05, 0.1) is 18.6 Å². The van der Waals surface area contributed by atoms with Gasteiger partial charge >= 0.3 is 0 Å². The van der Waals surface area contributed by atoms with Crippen molar-refractivity contribution in [3.63, 3.8) is 0 Å². The number of benzene rings is 2. The number of carbonyl (C=O) groups is 2. The van der Waals surface area contributed by atoms with Gasteiger partial charge in [0.2, 0.25) is 11.8 Å². The quantitative estimate of drug-likeness (QED) is 0.855. The number of hydrogen-bond donors (Lipinski definition) is 1. The largest absolute Gasteiger partial charge is 0.387 e. The van der Waals surface area contributed by atoms with Crippen LogP contribution in [0, 0.1) is 12.8 Å². The van der Waals surface area contributed by atoms with Gasteiger partial charge in [-0.2, -0.15) is 0 Å². The van der Waals surface area contributed by atoms with Gasteiger partial charge in [-0.25, -0.2) is 0 Å². The Morgan fingerprint density at radius 1 is 1.08 bits per heavy atom. The second kappa shape index (κ2) is 5.76. The molecule has 2 heterocycles. The molecule has 2 aromatic rings. The smallest absolute Gasteiger partial charge is 0.243 e. The first-order valence-corrected chi connectivity index (χ1v) is 8.78. The lowest BCUT2D eigenvalue weighted by Gasteiger charge is -2.28. The fraction of sp³-hybridized carbons (Fsp3) is 0.263. The number of likely N-dealkylation sites (tertiary alicyclic amines) is 1. The second-order valence-corrected chi connectivity index (χ2v) is 7.48. The minimum atomic E-state index is -0.927. The Morgan fingerprint density at radius 3 is 2.58 bits per heavy atom. The van der Waals surface area contributed by atoms with E-state index in [1.807, 2.05) is 55.5 Å². The molecule has 0 saturated carbocycles. The van der Waals surface area contributed by atoms with Crippen LogP contribution in [0.2, 0.25) is 0 Å². The molecule has 2 aliphatic rings. The van der Waals surface area contributed by atoms with Crippen molar-refractivity contribution in [2.45, 2.75) is 29.7 Å². The number of aliphatic hydroxyl groups is 1. The minimum absolute atomic E-state index is 0.204. The highest BCUT2D eigenvalue weighted by molar-refractivity contribution is 8.00. The lowest BCUT2D eigenvalue weighted by molar-refractivity contribution is -0.141. The van der Waals surface area contributed by atoms with Crippen LogP contribution < -0.4 is 0 Å². The molecule has 5 heteroatoms. The number of carbonyl (C=O) groups excluding carboxylic acids is 2. The van der Waals surface area contributed by atoms with Crippen LogP contribution in [0.5, 0.6) is 0 Å². The summed E-state index contributed by atoms with van der Waals surface area (Å²) in [6.45, 7) is 2.23. The number of aryl methyl sites for hydroxylation is 1. The molecule has 4 rings (SSSR count). The summed E-state index contributed by atoms with van der Waals surface area (Å²) in [5, 5.41) is 10.1. The van der Waals surface area contributed by atoms with Crippen molar-refractivity contribution in [2.75, 3.05) is 0 Å². The number of amides is 2. The van der Waals surface area contributed by atoms with Crippen LogP contribution >= 0.6 is 11.8 Å². The summed E-state index contributed by atoms with van der Waals surface area (Å²) in [6.07, 6.45) is -0.927. The molecule has 2 aliphatic heterocycles. The molecule has 0 aromatic heterocycles. The van der Waals surface area contributed by atoms with Crippen molar-refractivity contribution < 1.29 is 14.7 Å². The van der Waals surface area contributed by atoms with E-state index in [9.17, 15) is 14.7 Å². The van der Waals surface area contributed by atoms with Crippen LogP contribution in [0.4, 0.5) is 0 Å². The molecule has 2 aromatic carbocycles. The van der Waals surface area contributed by atoms with Crippen LogP contribution in [-0.4, -0.2) is 27.1 Å². The van der Waals surface area contributed by atoms with Gasteiger partial charge in [0.1, 0.15) is 5.25 Å². The number of nitrogens with zero attached hydrogens (tertiary/aromatic N) is 1. The van der Waals surface area contributed by atoms with Crippen molar-refractivity contribution >= 4 is 23.6 Å². The lowest BCUT2D eigenvalue weighted by Crippen LogP contribution is -2.31. The third kappa shape index (κ3) is 2.36. The highest BCUT2D eigenvalue weighted by Crippen LogP contribution is 2.49. The van der Waals surface area contributed by atoms with Crippen LogP contribution in [0.15, 0.2) is 53.4 Å². The number of thioether (sulfide) groups is 1. The van der Waals surface area contributed by atoms with E-state index in [0.29, 0.717) is 0 Å². The maximum Gasteiger partial charge on any atom is 0.243 e. The molecule has 0 bridgehead atoms. The van der Waals surface area contributed by atoms with E-state index in [2.05, 4.69) is 0 Å². The zero-order valence-corrected chi connectivity index (χ0v) is 14.0. The van der Waals surface area contributed by atoms with Crippen LogP contribution in [-0.2, 0) is 16.1 Å². The topological polar surface area (TPSA) is 57.6 Å². The first-order chi connectivity index (χ1) is 11.6. The van der Waals surface area contributed by atoms with Gasteiger partial charge in [-0.05, 0) is 29.7 Å². The number of rotatable bonds is 2. The molecule has 0 radical (unpaired) electrons. The van der Waals surface area contributed by atoms with Crippen molar-refractivity contribution in [3.8, 4) is 0 Å². The third-order valence-electron chi connectivity index (χ3n) is 4.65. The molecule has 2 amide bonds. The fourth-order valence-corrected chi connectivity index (χ4v) is 4.88. The molecule has 1 N–H and O–H groups in total. The molecule has 0 aliphatic carbocycles. The number of aliphatic hydroxyl groups excluding tert-OH is 1. The first kappa shape index (κ1) is 15.4. The Kier molecular flexibility index (Phi) is 3.70. The van der Waals surface area contributed by atoms with E-state index >= 15 is 0 Å². The van der Waals surface area contributed by atoms with Gasteiger partial charge in [0, 0.05) is 4.90 Å². The molecule has 1 fully saturated rings. The van der Waals surface area contributed by atoms with Crippen molar-refractivity contribution in [1.82, 2.24) is 4.90 Å². The van der Waals surface area contributed by atoms with Crippen LogP contribution in [0.25, 0.3) is 0 Å². The lowest BCUT2D eigenvalue weighted by atomic mass is 9.92. The Balaban J connectivity index is 1.67. The highest BCUT2D eigenvalue weighted by Gasteiger charge is 2.54. The second-order valence-electron chi connectivity index (χ2n) is 6.30. The summed E-state index contributed by atoms with van der Waals surface area (Å²) in [7, 11) is 0. The van der Waals surface area contributed by atoms with Gasteiger partial charge in [0.25, 0.3) is 0 Å². The van der Waals surface area contributed by atoms with Gasteiger partial charge < -0.3 is 5.11 Å². The number of imide groups is 1. The number of fused-ring (bicyclic) bond motifs is 2. The van der Waals surface area contributed by atoms with Crippen molar-refractivity contribution in [2.24, 2.45) is 5.92 Å². The summed E-state index contributed by atoms with van der Waals surface area (Å²) in [6, 6.07) is 15.2. The Labute approximate surface area is 144 Å². The van der Waals surface area contributed by atoms with E-state index in [1.54, 1.807) is 0 Å². The van der Waals surface area contributed by atoms with E-state index in [0.717, 1.165) is 21.6 Å². The molecule has 3 atom stereocenters. The normalized spacial score (nSPS) is 25.6. The molecule has 24 heavy (non-hydrogen) atoms. The third-order valence-corrected chi connectivity index (χ3v) is 6.01. The van der Waals surface area contributed by atoms with Crippen molar-refractivity contribution in [3.05, 3.63) is 65.2 Å². The summed E-state index contributed by atoms with van der Waals surface area (Å²) in [5.41, 5.74) is 2.73. The van der Waals surface area contributed by atoms with Gasteiger partial charge in [-0.15, -0.1) is 11.8 Å². The average molecular weight is 339 g/mol. The predicted octanol–water partition coefficient (Wildman–Crippen LogP) is 2.69. The van der Waals surface area contributed by atoms with E-state index in [4.69, 9.17) is 0 Å². The Bertz CT molecular complexity index is 821. The van der Waals surface area contributed by atoms with Gasteiger partial charge in [-0.1, -0.05) is 42.5 Å². The van der Waals surface area contributed by atoms with Gasteiger partial charge in [0.15, 0.2) is 0 Å². The zero-order chi connectivity index (χ0) is 16.8. The summed E-state index contributed by atoms with van der Waals surface area (Å²) >= 11 is 1.40. The Morgan fingerprint density at radius 2 is 1.83 bits per heavy atom. The molecule has 1 saturated heterocycles. The summed E-state index contributed by atoms with van der Waals surface area (Å²) < 4.78 is 0. The standard InChI is InChI=1S/C19H17NO3S/c1-11-7-8-13-14(9-11)24-17-15(16(13)21)18(22)20(19(17)23)10-12-5-3-2-4-6-12/h2-9,15-17,21H,10H2,1H3/t15-,16+,17+/m1/s1. The Hall–Kier alpha value is -2.11. The van der Waals surface area contributed by atoms with E-state index < -0.39 is 17.3 Å². The highest BCUT2D eigenvalue weighted by atomic mass is 32.2. The maximum absolute atomic E-state index is 12.8. The molecule has 0 unspecified atom stereocenters. The van der Waals surface area contributed by atoms with Crippen LogP contribution in [0.3, 0.4) is 0 Å². The molecular weight excluding hydrogens is 322 g/mol. The van der Waals surface area contributed by atoms with E-state index in [1.165, 1.54) is 16.7 Å². The molecule has 122 valence electrons. The van der Waals surface area contributed by atoms with Crippen molar-refractivity contribution in [1.29, 1.82) is 0 Å². The fourth-order valence-electron chi connectivity index (χ4n) is 3.39. The van der Waals surface area contributed by atoms with E-state index in [-0.39, 0.29) is 18.4 Å². The molecular formula is C19H17NO3S. The minimum Gasteiger partial charge on any atom is -0.387 e. The average Bonchev–Trinajstić information content (AvgIpc) is 2.81. The summed E-state index contributed by atoms with van der Waals surface area (Å²) in [5.74, 6) is -1.17. The zero-order valence-electron chi connectivity index (χ0n) is 13.2. The predicted molar refractivity (Wildman–Crippen MR) is 91.3 cm³/mol. The number of hydrogen-bond acceptors (Lipinski definition) is 4. The molecule has 0 spiro atoms. The molecule has 4 nitrogen and oxygen atoms in total. The van der Waals surface area contributed by atoms with Crippen LogP contribution in [0.1, 0.15) is 22.8 Å². The van der Waals surface area contributed by atoms with Gasteiger partial charge in [-0.3, -0.25) is 14.5 Å². The summed E-state index contributed by atoms with van der Waals surface area (Å²) in [4.78, 5) is 27.7.